The average Bonchev–Trinajstić information content (AvgIpc) is 2.72. The molecule has 0 bridgehead atoms. The van der Waals surface area contributed by atoms with Crippen molar-refractivity contribution in [2.75, 3.05) is 19.7 Å². The molecule has 3 atom stereocenters. The van der Waals surface area contributed by atoms with Gasteiger partial charge in [0.25, 0.3) is 0 Å². The van der Waals surface area contributed by atoms with Crippen LogP contribution in [0.3, 0.4) is 0 Å². The fourth-order valence-corrected chi connectivity index (χ4v) is 4.99. The molecule has 5 heteroatoms. The van der Waals surface area contributed by atoms with Crippen molar-refractivity contribution in [3.8, 4) is 5.75 Å². The normalized spacial score (nSPS) is 25.2. The highest BCUT2D eigenvalue weighted by molar-refractivity contribution is 5.83. The van der Waals surface area contributed by atoms with Crippen molar-refractivity contribution in [1.82, 2.24) is 4.90 Å². The van der Waals surface area contributed by atoms with Gasteiger partial charge in [-0.05, 0) is 48.6 Å². The van der Waals surface area contributed by atoms with Crippen LogP contribution in [-0.4, -0.2) is 42.8 Å². The number of fused-ring (bicyclic) bond motifs is 2. The summed E-state index contributed by atoms with van der Waals surface area (Å²) < 4.78 is 11.4. The molecule has 4 rings (SSSR count). The smallest absolute Gasteiger partial charge is 0.404 e. The van der Waals surface area contributed by atoms with E-state index in [1.54, 1.807) is 0 Å². The SMILES string of the molecule is NC(=O)OC1CCN(CCCOc2ccc3ccccc3c2)C2CCCCC12. The molecule has 150 valence electrons. The quantitative estimate of drug-likeness (QED) is 0.755. The standard InChI is InChI=1S/C23H30N2O3/c24-23(26)28-22-12-14-25(21-9-4-3-8-20(21)22)13-5-15-27-19-11-10-17-6-1-2-7-18(17)16-19/h1-2,6-7,10-11,16,20-22H,3-5,8-9,12-15H2,(H2,24,26). The first-order valence-corrected chi connectivity index (χ1v) is 10.5. The summed E-state index contributed by atoms with van der Waals surface area (Å²) in [5, 5.41) is 2.45. The molecular weight excluding hydrogens is 352 g/mol. The van der Waals surface area contributed by atoms with Crippen molar-refractivity contribution in [1.29, 1.82) is 0 Å². The number of piperidine rings is 1. The van der Waals surface area contributed by atoms with E-state index in [-0.39, 0.29) is 6.10 Å². The number of carbonyl (C=O) groups is 1. The van der Waals surface area contributed by atoms with Crippen molar-refractivity contribution >= 4 is 16.9 Å². The number of nitrogens with zero attached hydrogens (tertiary/aromatic N) is 1. The lowest BCUT2D eigenvalue weighted by Gasteiger charge is -2.47. The van der Waals surface area contributed by atoms with Crippen LogP contribution in [0.15, 0.2) is 42.5 Å². The van der Waals surface area contributed by atoms with Crippen molar-refractivity contribution in [3.63, 3.8) is 0 Å². The second-order valence-corrected chi connectivity index (χ2v) is 8.03. The molecule has 0 radical (unpaired) electrons. The molecule has 0 aromatic heterocycles. The Kier molecular flexibility index (Phi) is 6.01. The van der Waals surface area contributed by atoms with Gasteiger partial charge in [-0.15, -0.1) is 0 Å². The molecule has 2 aromatic carbocycles. The van der Waals surface area contributed by atoms with Crippen LogP contribution in [0.1, 0.15) is 38.5 Å². The Hall–Kier alpha value is -2.27. The van der Waals surface area contributed by atoms with Gasteiger partial charge in [0.2, 0.25) is 0 Å². The summed E-state index contributed by atoms with van der Waals surface area (Å²) >= 11 is 0. The van der Waals surface area contributed by atoms with Crippen LogP contribution in [0.5, 0.6) is 5.75 Å². The predicted molar refractivity (Wildman–Crippen MR) is 110 cm³/mol. The molecule has 5 nitrogen and oxygen atoms in total. The first-order chi connectivity index (χ1) is 13.7. The predicted octanol–water partition coefficient (Wildman–Crippen LogP) is 4.34. The van der Waals surface area contributed by atoms with E-state index in [9.17, 15) is 4.79 Å². The minimum absolute atomic E-state index is 0.00657. The number of hydrogen-bond acceptors (Lipinski definition) is 4. The van der Waals surface area contributed by atoms with Crippen LogP contribution < -0.4 is 10.5 Å². The number of carbonyl (C=O) groups excluding carboxylic acids is 1. The van der Waals surface area contributed by atoms with E-state index < -0.39 is 6.09 Å². The largest absolute Gasteiger partial charge is 0.494 e. The van der Waals surface area contributed by atoms with Crippen molar-refractivity contribution in [2.24, 2.45) is 11.7 Å². The van der Waals surface area contributed by atoms with Gasteiger partial charge in [-0.25, -0.2) is 4.79 Å². The van der Waals surface area contributed by atoms with Crippen molar-refractivity contribution in [3.05, 3.63) is 42.5 Å². The summed E-state index contributed by atoms with van der Waals surface area (Å²) in [6.45, 7) is 2.71. The molecule has 2 aromatic rings. The van der Waals surface area contributed by atoms with E-state index in [2.05, 4.69) is 41.3 Å². The lowest BCUT2D eigenvalue weighted by Crippen LogP contribution is -2.54. The molecular formula is C23H30N2O3. The van der Waals surface area contributed by atoms with Crippen LogP contribution in [0.4, 0.5) is 4.79 Å². The van der Waals surface area contributed by atoms with Gasteiger partial charge in [0, 0.05) is 25.0 Å². The number of benzene rings is 2. The van der Waals surface area contributed by atoms with Gasteiger partial charge in [0.05, 0.1) is 6.61 Å². The first-order valence-electron chi connectivity index (χ1n) is 10.5. The Morgan fingerprint density at radius 3 is 2.75 bits per heavy atom. The third kappa shape index (κ3) is 4.41. The molecule has 2 aliphatic rings. The van der Waals surface area contributed by atoms with E-state index >= 15 is 0 Å². The molecule has 28 heavy (non-hydrogen) atoms. The highest BCUT2D eigenvalue weighted by Gasteiger charge is 2.40. The third-order valence-corrected chi connectivity index (χ3v) is 6.28. The zero-order chi connectivity index (χ0) is 19.3. The molecule has 2 fully saturated rings. The molecule has 1 aliphatic carbocycles. The van der Waals surface area contributed by atoms with Crippen LogP contribution in [0.2, 0.25) is 0 Å². The summed E-state index contributed by atoms with van der Waals surface area (Å²) in [7, 11) is 0. The summed E-state index contributed by atoms with van der Waals surface area (Å²) in [6, 6.07) is 15.1. The van der Waals surface area contributed by atoms with E-state index in [1.165, 1.54) is 30.0 Å². The second kappa shape index (κ2) is 8.82. The zero-order valence-corrected chi connectivity index (χ0v) is 16.4. The molecule has 1 saturated heterocycles. The highest BCUT2D eigenvalue weighted by Crippen LogP contribution is 2.37. The van der Waals surface area contributed by atoms with Crippen LogP contribution in [0, 0.1) is 5.92 Å². The Balaban J connectivity index is 1.28. The van der Waals surface area contributed by atoms with Gasteiger partial charge in [-0.3, -0.25) is 4.90 Å². The maximum Gasteiger partial charge on any atom is 0.404 e. The Bertz CT molecular complexity index is 809. The number of ether oxygens (including phenoxy) is 2. The summed E-state index contributed by atoms with van der Waals surface area (Å²) in [5.41, 5.74) is 5.28. The molecule has 1 heterocycles. The van der Waals surface area contributed by atoms with Gasteiger partial charge < -0.3 is 15.2 Å². The number of rotatable bonds is 6. The summed E-state index contributed by atoms with van der Waals surface area (Å²) in [5.74, 6) is 1.36. The minimum Gasteiger partial charge on any atom is -0.494 e. The highest BCUT2D eigenvalue weighted by atomic mass is 16.6. The fourth-order valence-electron chi connectivity index (χ4n) is 4.99. The number of likely N-dealkylation sites (tertiary alicyclic amines) is 1. The monoisotopic (exact) mass is 382 g/mol. The van der Waals surface area contributed by atoms with Crippen LogP contribution in [-0.2, 0) is 4.74 Å². The lowest BCUT2D eigenvalue weighted by atomic mass is 9.76. The van der Waals surface area contributed by atoms with Crippen molar-refractivity contribution in [2.45, 2.75) is 50.7 Å². The van der Waals surface area contributed by atoms with Crippen LogP contribution in [0.25, 0.3) is 10.8 Å². The molecule has 2 N–H and O–H groups in total. The fraction of sp³-hybridized carbons (Fsp3) is 0.522. The van der Waals surface area contributed by atoms with Crippen molar-refractivity contribution < 1.29 is 14.3 Å². The lowest BCUT2D eigenvalue weighted by molar-refractivity contribution is -0.0423. The molecule has 1 saturated carbocycles. The third-order valence-electron chi connectivity index (χ3n) is 6.28. The molecule has 1 amide bonds. The van der Waals surface area contributed by atoms with E-state index in [0.29, 0.717) is 18.6 Å². The van der Waals surface area contributed by atoms with Gasteiger partial charge >= 0.3 is 6.09 Å². The zero-order valence-electron chi connectivity index (χ0n) is 16.4. The topological polar surface area (TPSA) is 64.8 Å². The van der Waals surface area contributed by atoms with E-state index in [0.717, 1.165) is 38.1 Å². The maximum atomic E-state index is 11.2. The molecule has 0 spiro atoms. The summed E-state index contributed by atoms with van der Waals surface area (Å²) in [6.07, 6.45) is 6.04. The van der Waals surface area contributed by atoms with Crippen LogP contribution >= 0.6 is 0 Å². The Morgan fingerprint density at radius 1 is 1.07 bits per heavy atom. The van der Waals surface area contributed by atoms with Gasteiger partial charge in [0.1, 0.15) is 11.9 Å². The van der Waals surface area contributed by atoms with Gasteiger partial charge in [-0.1, -0.05) is 43.2 Å². The number of amides is 1. The number of hydrogen-bond donors (Lipinski definition) is 1. The van der Waals surface area contributed by atoms with E-state index in [4.69, 9.17) is 15.2 Å². The Morgan fingerprint density at radius 2 is 1.89 bits per heavy atom. The number of nitrogens with two attached hydrogens (primary N) is 1. The van der Waals surface area contributed by atoms with Gasteiger partial charge in [0.15, 0.2) is 0 Å². The number of primary amides is 1. The summed E-state index contributed by atoms with van der Waals surface area (Å²) in [4.78, 5) is 13.8. The van der Waals surface area contributed by atoms with E-state index in [1.807, 2.05) is 6.07 Å². The average molecular weight is 383 g/mol. The second-order valence-electron chi connectivity index (χ2n) is 8.03. The molecule has 3 unspecified atom stereocenters. The Labute approximate surface area is 166 Å². The first kappa shape index (κ1) is 19.1. The minimum atomic E-state index is -0.633. The maximum absolute atomic E-state index is 11.2. The molecule has 1 aliphatic heterocycles. The van der Waals surface area contributed by atoms with Gasteiger partial charge in [-0.2, -0.15) is 0 Å².